The van der Waals surface area contributed by atoms with E-state index in [1.54, 1.807) is 0 Å². The third-order valence-corrected chi connectivity index (χ3v) is 7.88. The summed E-state index contributed by atoms with van der Waals surface area (Å²) >= 11 is 0. The second kappa shape index (κ2) is 4.44. The molecule has 0 heterocycles. The average Bonchev–Trinajstić information content (AvgIpc) is 2.76. The first-order valence-electron chi connectivity index (χ1n) is 8.89. The summed E-state index contributed by atoms with van der Waals surface area (Å²) in [5.41, 5.74) is 1.40. The zero-order chi connectivity index (χ0) is 14.8. The first-order chi connectivity index (χ1) is 9.98. The van der Waals surface area contributed by atoms with E-state index in [-0.39, 0.29) is 16.9 Å². The Morgan fingerprint density at radius 2 is 1.90 bits per heavy atom. The molecular weight excluding hydrogens is 260 g/mol. The van der Waals surface area contributed by atoms with Crippen molar-refractivity contribution in [1.82, 2.24) is 0 Å². The van der Waals surface area contributed by atoms with Gasteiger partial charge in [0, 0.05) is 6.42 Å². The minimum atomic E-state index is -0.171. The van der Waals surface area contributed by atoms with Crippen molar-refractivity contribution in [2.24, 2.45) is 28.6 Å². The zero-order valence-electron chi connectivity index (χ0n) is 13.4. The fraction of sp³-hybridized carbons (Fsp3) is 0.842. The lowest BCUT2D eigenvalue weighted by atomic mass is 9.47. The van der Waals surface area contributed by atoms with E-state index in [0.29, 0.717) is 23.5 Å². The number of aliphatic hydroxyl groups excluding tert-OH is 1. The van der Waals surface area contributed by atoms with Gasteiger partial charge in [0.25, 0.3) is 0 Å². The lowest BCUT2D eigenvalue weighted by Gasteiger charge is -2.57. The van der Waals surface area contributed by atoms with Crippen LogP contribution in [0.25, 0.3) is 0 Å². The minimum Gasteiger partial charge on any atom is -0.393 e. The molecular formula is C19H28O2. The smallest absolute Gasteiger partial charge is 0.143 e. The van der Waals surface area contributed by atoms with Crippen LogP contribution >= 0.6 is 0 Å². The van der Waals surface area contributed by atoms with Crippen molar-refractivity contribution in [3.8, 4) is 0 Å². The second-order valence-corrected chi connectivity index (χ2v) is 8.45. The van der Waals surface area contributed by atoms with Crippen molar-refractivity contribution in [3.63, 3.8) is 0 Å². The Balaban J connectivity index is 1.72. The number of allylic oxidation sites excluding steroid dienone is 2. The Bertz CT molecular complexity index is 508. The van der Waals surface area contributed by atoms with Crippen LogP contribution in [0.5, 0.6) is 0 Å². The molecule has 0 aromatic carbocycles. The van der Waals surface area contributed by atoms with Gasteiger partial charge in [-0.1, -0.05) is 18.6 Å². The molecule has 116 valence electrons. The number of fused-ring (bicyclic) bond motifs is 5. The molecule has 0 aromatic rings. The molecule has 4 rings (SSSR count). The van der Waals surface area contributed by atoms with Crippen LogP contribution in [0, 0.1) is 28.6 Å². The largest absolute Gasteiger partial charge is 0.393 e. The maximum absolute atomic E-state index is 12.8. The highest BCUT2D eigenvalue weighted by Crippen LogP contribution is 2.64. The van der Waals surface area contributed by atoms with Gasteiger partial charge in [-0.05, 0) is 75.0 Å². The summed E-state index contributed by atoms with van der Waals surface area (Å²) in [5.74, 6) is 2.33. The van der Waals surface area contributed by atoms with Gasteiger partial charge in [0.05, 0.1) is 11.5 Å². The third-order valence-electron chi connectivity index (χ3n) is 7.88. The normalized spacial score (nSPS) is 52.7. The molecule has 6 atom stereocenters. The molecule has 3 fully saturated rings. The Morgan fingerprint density at radius 3 is 2.71 bits per heavy atom. The molecule has 0 spiro atoms. The van der Waals surface area contributed by atoms with Crippen LogP contribution in [0.3, 0.4) is 0 Å². The van der Waals surface area contributed by atoms with Gasteiger partial charge in [-0.25, -0.2) is 0 Å². The van der Waals surface area contributed by atoms with E-state index in [2.05, 4.69) is 19.9 Å². The monoisotopic (exact) mass is 288 g/mol. The first-order valence-corrected chi connectivity index (χ1v) is 8.89. The zero-order valence-corrected chi connectivity index (χ0v) is 13.4. The van der Waals surface area contributed by atoms with Crippen LogP contribution < -0.4 is 0 Å². The lowest BCUT2D eigenvalue weighted by molar-refractivity contribution is -0.138. The Labute approximate surface area is 128 Å². The molecule has 2 nitrogen and oxygen atoms in total. The van der Waals surface area contributed by atoms with Crippen LogP contribution in [0.1, 0.15) is 65.2 Å². The summed E-state index contributed by atoms with van der Waals surface area (Å²) in [7, 11) is 0. The molecule has 0 bridgehead atoms. The molecule has 0 radical (unpaired) electrons. The summed E-state index contributed by atoms with van der Waals surface area (Å²) in [6.45, 7) is 4.55. The number of carbonyl (C=O) groups excluding carboxylic acids is 1. The van der Waals surface area contributed by atoms with Crippen molar-refractivity contribution in [2.75, 3.05) is 0 Å². The van der Waals surface area contributed by atoms with Gasteiger partial charge in [-0.15, -0.1) is 0 Å². The van der Waals surface area contributed by atoms with E-state index in [9.17, 15) is 9.90 Å². The van der Waals surface area contributed by atoms with Gasteiger partial charge >= 0.3 is 0 Å². The first kappa shape index (κ1) is 14.0. The molecule has 1 N–H and O–H groups in total. The molecule has 2 heteroatoms. The number of hydrogen-bond acceptors (Lipinski definition) is 2. The van der Waals surface area contributed by atoms with Crippen LogP contribution in [0.4, 0.5) is 0 Å². The number of Topliss-reactive ketones (excluding diaryl/α,β-unsaturated/α-hetero) is 1. The van der Waals surface area contributed by atoms with E-state index < -0.39 is 0 Å². The molecule has 4 aliphatic carbocycles. The Hall–Kier alpha value is -0.630. The SMILES string of the molecule is C[C@]12C(=O)CCC=C1CC[C@@H]1[C@H]2CC[C@]2(C)C(O)CC[C@@H]12. The summed E-state index contributed by atoms with van der Waals surface area (Å²) in [4.78, 5) is 12.8. The summed E-state index contributed by atoms with van der Waals surface area (Å²) in [6.07, 6.45) is 10.7. The van der Waals surface area contributed by atoms with Crippen LogP contribution in [0.15, 0.2) is 11.6 Å². The van der Waals surface area contributed by atoms with Crippen molar-refractivity contribution < 1.29 is 9.90 Å². The van der Waals surface area contributed by atoms with Crippen LogP contribution in [0.2, 0.25) is 0 Å². The van der Waals surface area contributed by atoms with Crippen molar-refractivity contribution in [2.45, 2.75) is 71.3 Å². The van der Waals surface area contributed by atoms with Crippen molar-refractivity contribution in [1.29, 1.82) is 0 Å². The fourth-order valence-electron chi connectivity index (χ4n) is 6.54. The molecule has 0 aromatic heterocycles. The molecule has 0 saturated heterocycles. The van der Waals surface area contributed by atoms with Gasteiger partial charge < -0.3 is 5.11 Å². The summed E-state index contributed by atoms with van der Waals surface area (Å²) in [5, 5.41) is 10.4. The topological polar surface area (TPSA) is 37.3 Å². The average molecular weight is 288 g/mol. The van der Waals surface area contributed by atoms with E-state index in [0.717, 1.165) is 38.5 Å². The predicted molar refractivity (Wildman–Crippen MR) is 82.7 cm³/mol. The summed E-state index contributed by atoms with van der Waals surface area (Å²) < 4.78 is 0. The molecule has 0 amide bonds. The molecule has 0 aliphatic heterocycles. The number of ketones is 1. The van der Waals surface area contributed by atoms with Gasteiger partial charge in [-0.2, -0.15) is 0 Å². The van der Waals surface area contributed by atoms with Gasteiger partial charge in [0.15, 0.2) is 0 Å². The number of aliphatic hydroxyl groups is 1. The highest BCUT2D eigenvalue weighted by atomic mass is 16.3. The fourth-order valence-corrected chi connectivity index (χ4v) is 6.54. The lowest BCUT2D eigenvalue weighted by Crippen LogP contribution is -2.53. The van der Waals surface area contributed by atoms with Crippen molar-refractivity contribution in [3.05, 3.63) is 11.6 Å². The molecule has 21 heavy (non-hydrogen) atoms. The van der Waals surface area contributed by atoms with Crippen LogP contribution in [-0.4, -0.2) is 17.0 Å². The van der Waals surface area contributed by atoms with E-state index in [4.69, 9.17) is 0 Å². The molecule has 4 aliphatic rings. The Morgan fingerprint density at radius 1 is 1.10 bits per heavy atom. The summed E-state index contributed by atoms with van der Waals surface area (Å²) in [6, 6.07) is 0. The van der Waals surface area contributed by atoms with Crippen LogP contribution in [-0.2, 0) is 4.79 Å². The number of carbonyl (C=O) groups is 1. The van der Waals surface area contributed by atoms with Gasteiger partial charge in [0.1, 0.15) is 5.78 Å². The van der Waals surface area contributed by atoms with E-state index in [1.807, 2.05) is 0 Å². The quantitative estimate of drug-likeness (QED) is 0.687. The van der Waals surface area contributed by atoms with Gasteiger partial charge in [-0.3, -0.25) is 4.79 Å². The molecule has 1 unspecified atom stereocenters. The minimum absolute atomic E-state index is 0.116. The standard InChI is InChI=1S/C19H28O2/c1-18-11-10-15-13(14(18)8-9-16(18)20)7-6-12-4-3-5-17(21)19(12,15)2/h4,13-16,20H,3,5-11H2,1-2H3/t13-,14-,15+,16?,18-,19-/m0/s1. The predicted octanol–water partition coefficient (Wildman–Crippen LogP) is 3.88. The van der Waals surface area contributed by atoms with Crippen molar-refractivity contribution >= 4 is 5.78 Å². The number of rotatable bonds is 0. The Kier molecular flexibility index (Phi) is 2.96. The third kappa shape index (κ3) is 1.66. The van der Waals surface area contributed by atoms with Gasteiger partial charge in [0.2, 0.25) is 0 Å². The maximum atomic E-state index is 12.8. The second-order valence-electron chi connectivity index (χ2n) is 8.45. The number of hydrogen-bond donors (Lipinski definition) is 1. The maximum Gasteiger partial charge on any atom is 0.143 e. The van der Waals surface area contributed by atoms with E-state index >= 15 is 0 Å². The van der Waals surface area contributed by atoms with E-state index in [1.165, 1.54) is 18.4 Å². The molecule has 3 saturated carbocycles. The highest BCUT2D eigenvalue weighted by Gasteiger charge is 2.60. The highest BCUT2D eigenvalue weighted by molar-refractivity contribution is 5.89.